The molecule has 0 radical (unpaired) electrons. The molecule has 1 aliphatic carbocycles. The van der Waals surface area contributed by atoms with E-state index in [1.54, 1.807) is 12.1 Å². The first-order chi connectivity index (χ1) is 9.20. The lowest BCUT2D eigenvalue weighted by atomic mass is 9.98. The lowest BCUT2D eigenvalue weighted by Gasteiger charge is -2.15. The van der Waals surface area contributed by atoms with Gasteiger partial charge in [0.15, 0.2) is 5.69 Å². The van der Waals surface area contributed by atoms with Crippen LogP contribution >= 0.6 is 0 Å². The number of hydrogen-bond acceptors (Lipinski definition) is 4. The fourth-order valence-electron chi connectivity index (χ4n) is 2.57. The smallest absolute Gasteiger partial charge is 0.271 e. The molecule has 1 aliphatic rings. The van der Waals surface area contributed by atoms with Crippen LogP contribution in [0.15, 0.2) is 12.1 Å². The number of nitrogens with zero attached hydrogens (tertiary/aromatic N) is 2. The monoisotopic (exact) mass is 262 g/mol. The van der Waals surface area contributed by atoms with Gasteiger partial charge in [0.2, 0.25) is 0 Å². The maximum atomic E-state index is 11.9. The highest BCUT2D eigenvalue weighted by atomic mass is 16.1. The Kier molecular flexibility index (Phi) is 4.71. The average Bonchev–Trinajstić information content (AvgIpc) is 2.83. The number of carbonyl (C=O) groups excluding carboxylic acids is 1. The van der Waals surface area contributed by atoms with Crippen LogP contribution < -0.4 is 10.6 Å². The minimum Gasteiger partial charge on any atom is -0.369 e. The molecule has 1 heterocycles. The SMILES string of the molecule is CCNc1ccc(C(=O)NCC2CCCC2C)nn1. The van der Waals surface area contributed by atoms with E-state index in [2.05, 4.69) is 27.8 Å². The van der Waals surface area contributed by atoms with E-state index in [0.29, 0.717) is 23.3 Å². The van der Waals surface area contributed by atoms with Crippen molar-refractivity contribution in [3.63, 3.8) is 0 Å². The van der Waals surface area contributed by atoms with Crippen LogP contribution in [0.3, 0.4) is 0 Å². The van der Waals surface area contributed by atoms with Gasteiger partial charge in [-0.3, -0.25) is 4.79 Å². The first-order valence-electron chi connectivity index (χ1n) is 7.06. The molecular formula is C14H22N4O. The minimum absolute atomic E-state index is 0.130. The summed E-state index contributed by atoms with van der Waals surface area (Å²) < 4.78 is 0. The van der Waals surface area contributed by atoms with Crippen LogP contribution in [0.1, 0.15) is 43.6 Å². The number of anilines is 1. The molecule has 1 aromatic heterocycles. The van der Waals surface area contributed by atoms with Gasteiger partial charge in [-0.25, -0.2) is 0 Å². The summed E-state index contributed by atoms with van der Waals surface area (Å²) in [6.45, 7) is 5.79. The zero-order valence-corrected chi connectivity index (χ0v) is 11.6. The second kappa shape index (κ2) is 6.50. The van der Waals surface area contributed by atoms with Gasteiger partial charge in [0.25, 0.3) is 5.91 Å². The van der Waals surface area contributed by atoms with E-state index in [1.165, 1.54) is 19.3 Å². The Hall–Kier alpha value is -1.65. The van der Waals surface area contributed by atoms with Gasteiger partial charge in [-0.1, -0.05) is 19.8 Å². The Morgan fingerprint density at radius 3 is 2.79 bits per heavy atom. The molecule has 5 heteroatoms. The summed E-state index contributed by atoms with van der Waals surface area (Å²) in [6.07, 6.45) is 3.77. The van der Waals surface area contributed by atoms with E-state index < -0.39 is 0 Å². The van der Waals surface area contributed by atoms with Gasteiger partial charge in [-0.2, -0.15) is 0 Å². The molecule has 1 amide bonds. The summed E-state index contributed by atoms with van der Waals surface area (Å²) in [4.78, 5) is 11.9. The first kappa shape index (κ1) is 13.8. The highest BCUT2D eigenvalue weighted by molar-refractivity contribution is 5.92. The van der Waals surface area contributed by atoms with Crippen LogP contribution in [0.4, 0.5) is 5.82 Å². The molecule has 1 aromatic rings. The number of amides is 1. The Morgan fingerprint density at radius 2 is 2.21 bits per heavy atom. The fraction of sp³-hybridized carbons (Fsp3) is 0.643. The van der Waals surface area contributed by atoms with Gasteiger partial charge >= 0.3 is 0 Å². The molecule has 0 bridgehead atoms. The van der Waals surface area contributed by atoms with Crippen molar-refractivity contribution in [2.24, 2.45) is 11.8 Å². The van der Waals surface area contributed by atoms with Crippen LogP contribution in [-0.2, 0) is 0 Å². The summed E-state index contributed by atoms with van der Waals surface area (Å²) in [5.74, 6) is 1.89. The van der Waals surface area contributed by atoms with Gasteiger partial charge in [0, 0.05) is 13.1 Å². The van der Waals surface area contributed by atoms with Crippen molar-refractivity contribution in [1.29, 1.82) is 0 Å². The molecule has 19 heavy (non-hydrogen) atoms. The summed E-state index contributed by atoms with van der Waals surface area (Å²) in [6, 6.07) is 3.49. The average molecular weight is 262 g/mol. The molecule has 0 saturated heterocycles. The summed E-state index contributed by atoms with van der Waals surface area (Å²) in [5.41, 5.74) is 0.382. The van der Waals surface area contributed by atoms with Gasteiger partial charge in [-0.15, -0.1) is 10.2 Å². The van der Waals surface area contributed by atoms with Crippen molar-refractivity contribution in [2.75, 3.05) is 18.4 Å². The topological polar surface area (TPSA) is 66.9 Å². The molecule has 104 valence electrons. The van der Waals surface area contributed by atoms with E-state index in [1.807, 2.05) is 6.92 Å². The summed E-state index contributed by atoms with van der Waals surface area (Å²) >= 11 is 0. The van der Waals surface area contributed by atoms with E-state index in [-0.39, 0.29) is 5.91 Å². The zero-order valence-electron chi connectivity index (χ0n) is 11.6. The highest BCUT2D eigenvalue weighted by Gasteiger charge is 2.23. The van der Waals surface area contributed by atoms with Gasteiger partial charge in [-0.05, 0) is 37.3 Å². The van der Waals surface area contributed by atoms with Gasteiger partial charge in [0.05, 0.1) is 0 Å². The predicted octanol–water partition coefficient (Wildman–Crippen LogP) is 2.07. The molecule has 2 unspecified atom stereocenters. The van der Waals surface area contributed by atoms with Crippen molar-refractivity contribution in [2.45, 2.75) is 33.1 Å². The minimum atomic E-state index is -0.130. The molecular weight excluding hydrogens is 240 g/mol. The molecule has 2 atom stereocenters. The number of hydrogen-bond donors (Lipinski definition) is 2. The Balaban J connectivity index is 1.85. The van der Waals surface area contributed by atoms with E-state index in [0.717, 1.165) is 13.1 Å². The van der Waals surface area contributed by atoms with Gasteiger partial charge in [0.1, 0.15) is 5.82 Å². The molecule has 1 saturated carbocycles. The molecule has 2 rings (SSSR count). The van der Waals surface area contributed by atoms with Crippen LogP contribution in [0.2, 0.25) is 0 Å². The lowest BCUT2D eigenvalue weighted by Crippen LogP contribution is -2.31. The van der Waals surface area contributed by atoms with Crippen molar-refractivity contribution in [1.82, 2.24) is 15.5 Å². The van der Waals surface area contributed by atoms with Crippen LogP contribution in [0.25, 0.3) is 0 Å². The largest absolute Gasteiger partial charge is 0.369 e. The first-order valence-corrected chi connectivity index (χ1v) is 7.06. The van der Waals surface area contributed by atoms with Crippen LogP contribution in [0, 0.1) is 11.8 Å². The number of aromatic nitrogens is 2. The van der Waals surface area contributed by atoms with E-state index in [4.69, 9.17) is 0 Å². The zero-order chi connectivity index (χ0) is 13.7. The number of carbonyl (C=O) groups is 1. The predicted molar refractivity (Wildman–Crippen MR) is 75.0 cm³/mol. The highest BCUT2D eigenvalue weighted by Crippen LogP contribution is 2.30. The van der Waals surface area contributed by atoms with Crippen LogP contribution in [0.5, 0.6) is 0 Å². The summed E-state index contributed by atoms with van der Waals surface area (Å²) in [7, 11) is 0. The maximum absolute atomic E-state index is 11.9. The molecule has 1 fully saturated rings. The third-order valence-corrected chi connectivity index (χ3v) is 3.82. The second-order valence-corrected chi connectivity index (χ2v) is 5.21. The normalized spacial score (nSPS) is 22.2. The number of rotatable bonds is 5. The molecule has 0 spiro atoms. The molecule has 0 aromatic carbocycles. The van der Waals surface area contributed by atoms with E-state index >= 15 is 0 Å². The van der Waals surface area contributed by atoms with Crippen molar-refractivity contribution >= 4 is 11.7 Å². The van der Waals surface area contributed by atoms with E-state index in [9.17, 15) is 4.79 Å². The van der Waals surface area contributed by atoms with Crippen LogP contribution in [-0.4, -0.2) is 29.2 Å². The third-order valence-electron chi connectivity index (χ3n) is 3.82. The van der Waals surface area contributed by atoms with Gasteiger partial charge < -0.3 is 10.6 Å². The fourth-order valence-corrected chi connectivity index (χ4v) is 2.57. The lowest BCUT2D eigenvalue weighted by molar-refractivity contribution is 0.0938. The second-order valence-electron chi connectivity index (χ2n) is 5.21. The number of nitrogens with one attached hydrogen (secondary N) is 2. The third kappa shape index (κ3) is 3.66. The Bertz CT molecular complexity index is 418. The molecule has 0 aliphatic heterocycles. The quantitative estimate of drug-likeness (QED) is 0.852. The molecule has 2 N–H and O–H groups in total. The van der Waals surface area contributed by atoms with Crippen molar-refractivity contribution in [3.05, 3.63) is 17.8 Å². The Labute approximate surface area is 114 Å². The molecule has 5 nitrogen and oxygen atoms in total. The standard InChI is InChI=1S/C14H22N4O/c1-3-15-13-8-7-12(17-18-13)14(19)16-9-11-6-4-5-10(11)2/h7-8,10-11H,3-6,9H2,1-2H3,(H,15,18)(H,16,19). The van der Waals surface area contributed by atoms with Crippen molar-refractivity contribution in [3.8, 4) is 0 Å². The maximum Gasteiger partial charge on any atom is 0.271 e. The Morgan fingerprint density at radius 1 is 1.37 bits per heavy atom. The summed E-state index contributed by atoms with van der Waals surface area (Å²) in [5, 5.41) is 13.9. The van der Waals surface area contributed by atoms with Crippen molar-refractivity contribution < 1.29 is 4.79 Å².